The van der Waals surface area contributed by atoms with Gasteiger partial charge in [-0.2, -0.15) is 0 Å². The van der Waals surface area contributed by atoms with Crippen molar-refractivity contribution in [3.05, 3.63) is 0 Å². The summed E-state index contributed by atoms with van der Waals surface area (Å²) in [6, 6.07) is 0.654. The second-order valence-electron chi connectivity index (χ2n) is 3.82. The summed E-state index contributed by atoms with van der Waals surface area (Å²) in [6.45, 7) is 6.98. The van der Waals surface area contributed by atoms with Gasteiger partial charge in [-0.1, -0.05) is 0 Å². The first-order chi connectivity index (χ1) is 6.33. The molecule has 0 aromatic heterocycles. The zero-order chi connectivity index (χ0) is 9.52. The number of nitrogens with one attached hydrogen (secondary N) is 1. The van der Waals surface area contributed by atoms with E-state index in [1.807, 2.05) is 0 Å². The Labute approximate surface area is 81.7 Å². The van der Waals surface area contributed by atoms with Crippen LogP contribution in [0.3, 0.4) is 0 Å². The minimum Gasteiger partial charge on any atom is -0.312 e. The Hall–Kier alpha value is -0.520. The van der Waals surface area contributed by atoms with Crippen LogP contribution in [0, 0.1) is 12.3 Å². The molecule has 1 rings (SSSR count). The molecule has 0 aromatic rings. The number of rotatable bonds is 4. The average Bonchev–Trinajstić information content (AvgIpc) is 2.13. The van der Waals surface area contributed by atoms with E-state index in [0.717, 1.165) is 13.0 Å². The SMILES string of the molecule is C#CCCCCN1CCNC(C)C1. The van der Waals surface area contributed by atoms with Gasteiger partial charge in [-0.3, -0.25) is 0 Å². The van der Waals surface area contributed by atoms with E-state index in [1.54, 1.807) is 0 Å². The van der Waals surface area contributed by atoms with E-state index in [4.69, 9.17) is 6.42 Å². The number of hydrogen-bond donors (Lipinski definition) is 1. The molecule has 1 saturated heterocycles. The highest BCUT2D eigenvalue weighted by Crippen LogP contribution is 2.02. The van der Waals surface area contributed by atoms with Crippen LogP contribution < -0.4 is 5.32 Å². The van der Waals surface area contributed by atoms with Crippen LogP contribution in [0.5, 0.6) is 0 Å². The molecule has 1 atom stereocenters. The van der Waals surface area contributed by atoms with Gasteiger partial charge < -0.3 is 10.2 Å². The fourth-order valence-electron chi connectivity index (χ4n) is 1.78. The molecular weight excluding hydrogens is 160 g/mol. The van der Waals surface area contributed by atoms with E-state index in [2.05, 4.69) is 23.1 Å². The van der Waals surface area contributed by atoms with Crippen LogP contribution in [0.15, 0.2) is 0 Å². The third-order valence-electron chi connectivity index (χ3n) is 2.50. The average molecular weight is 180 g/mol. The monoisotopic (exact) mass is 180 g/mol. The van der Waals surface area contributed by atoms with Gasteiger partial charge in [0.25, 0.3) is 0 Å². The quantitative estimate of drug-likeness (QED) is 0.514. The molecule has 0 amide bonds. The molecule has 0 radical (unpaired) electrons. The zero-order valence-electron chi connectivity index (χ0n) is 8.55. The second kappa shape index (κ2) is 6.01. The highest BCUT2D eigenvalue weighted by atomic mass is 15.2. The highest BCUT2D eigenvalue weighted by molar-refractivity contribution is 4.83. The Morgan fingerprint density at radius 2 is 2.38 bits per heavy atom. The number of piperazine rings is 1. The van der Waals surface area contributed by atoms with Crippen molar-refractivity contribution in [1.29, 1.82) is 0 Å². The van der Waals surface area contributed by atoms with Crippen molar-refractivity contribution in [3.8, 4) is 12.3 Å². The third kappa shape index (κ3) is 4.31. The summed E-state index contributed by atoms with van der Waals surface area (Å²) in [5, 5.41) is 3.44. The van der Waals surface area contributed by atoms with E-state index in [1.165, 1.54) is 32.5 Å². The summed E-state index contributed by atoms with van der Waals surface area (Å²) in [7, 11) is 0. The zero-order valence-corrected chi connectivity index (χ0v) is 8.55. The van der Waals surface area contributed by atoms with Crippen molar-refractivity contribution in [2.45, 2.75) is 32.2 Å². The van der Waals surface area contributed by atoms with Crippen molar-refractivity contribution >= 4 is 0 Å². The normalized spacial score (nSPS) is 24.2. The molecule has 1 aliphatic heterocycles. The van der Waals surface area contributed by atoms with Crippen LogP contribution >= 0.6 is 0 Å². The van der Waals surface area contributed by atoms with E-state index < -0.39 is 0 Å². The molecule has 1 aliphatic rings. The summed E-state index contributed by atoms with van der Waals surface area (Å²) >= 11 is 0. The Morgan fingerprint density at radius 1 is 1.54 bits per heavy atom. The molecule has 0 saturated carbocycles. The molecule has 74 valence electrons. The van der Waals surface area contributed by atoms with Gasteiger partial charge in [-0.25, -0.2) is 0 Å². The molecule has 1 heterocycles. The molecule has 1 N–H and O–H groups in total. The molecule has 2 nitrogen and oxygen atoms in total. The van der Waals surface area contributed by atoms with Crippen molar-refractivity contribution < 1.29 is 0 Å². The minimum absolute atomic E-state index is 0.654. The molecule has 0 bridgehead atoms. The highest BCUT2D eigenvalue weighted by Gasteiger charge is 2.13. The summed E-state index contributed by atoms with van der Waals surface area (Å²) in [4.78, 5) is 2.53. The molecule has 0 aliphatic carbocycles. The fourth-order valence-corrected chi connectivity index (χ4v) is 1.78. The lowest BCUT2D eigenvalue weighted by Gasteiger charge is -2.31. The first kappa shape index (κ1) is 10.6. The topological polar surface area (TPSA) is 15.3 Å². The van der Waals surface area contributed by atoms with Crippen molar-refractivity contribution in [2.24, 2.45) is 0 Å². The molecule has 0 spiro atoms. The maximum absolute atomic E-state index is 5.20. The maximum Gasteiger partial charge on any atom is 0.0167 e. The van der Waals surface area contributed by atoms with Crippen LogP contribution in [-0.4, -0.2) is 37.1 Å². The summed E-state index contributed by atoms with van der Waals surface area (Å²) in [6.07, 6.45) is 8.55. The second-order valence-corrected chi connectivity index (χ2v) is 3.82. The lowest BCUT2D eigenvalue weighted by molar-refractivity contribution is 0.204. The smallest absolute Gasteiger partial charge is 0.0167 e. The molecule has 1 fully saturated rings. The molecule has 0 aromatic carbocycles. The fraction of sp³-hybridized carbons (Fsp3) is 0.818. The van der Waals surface area contributed by atoms with Crippen LogP contribution in [0.25, 0.3) is 0 Å². The van der Waals surface area contributed by atoms with Gasteiger partial charge in [0.15, 0.2) is 0 Å². The summed E-state index contributed by atoms with van der Waals surface area (Å²) < 4.78 is 0. The molecule has 13 heavy (non-hydrogen) atoms. The first-order valence-electron chi connectivity index (χ1n) is 5.22. The van der Waals surface area contributed by atoms with Gasteiger partial charge in [0.05, 0.1) is 0 Å². The predicted octanol–water partition coefficient (Wildman–Crippen LogP) is 1.08. The molecule has 1 unspecified atom stereocenters. The van der Waals surface area contributed by atoms with Gasteiger partial charge in [0.1, 0.15) is 0 Å². The Kier molecular flexibility index (Phi) is 4.88. The number of unbranched alkanes of at least 4 members (excludes halogenated alkanes) is 2. The third-order valence-corrected chi connectivity index (χ3v) is 2.50. The van der Waals surface area contributed by atoms with E-state index >= 15 is 0 Å². The van der Waals surface area contributed by atoms with Gasteiger partial charge in [0.2, 0.25) is 0 Å². The number of nitrogens with zero attached hydrogens (tertiary/aromatic N) is 1. The predicted molar refractivity (Wildman–Crippen MR) is 56.6 cm³/mol. The van der Waals surface area contributed by atoms with Gasteiger partial charge >= 0.3 is 0 Å². The lowest BCUT2D eigenvalue weighted by Crippen LogP contribution is -2.49. The van der Waals surface area contributed by atoms with Crippen LogP contribution in [0.4, 0.5) is 0 Å². The van der Waals surface area contributed by atoms with E-state index in [9.17, 15) is 0 Å². The van der Waals surface area contributed by atoms with Crippen LogP contribution in [0.1, 0.15) is 26.2 Å². The van der Waals surface area contributed by atoms with Gasteiger partial charge in [-0.15, -0.1) is 12.3 Å². The standard InChI is InChI=1S/C11H20N2/c1-3-4-5-6-8-13-9-7-12-11(2)10-13/h1,11-12H,4-10H2,2H3. The first-order valence-corrected chi connectivity index (χ1v) is 5.22. The van der Waals surface area contributed by atoms with Crippen LogP contribution in [0.2, 0.25) is 0 Å². The lowest BCUT2D eigenvalue weighted by atomic mass is 10.2. The molecular formula is C11H20N2. The number of hydrogen-bond acceptors (Lipinski definition) is 2. The Balaban J connectivity index is 2.04. The van der Waals surface area contributed by atoms with Crippen molar-refractivity contribution in [3.63, 3.8) is 0 Å². The number of terminal acetylenes is 1. The van der Waals surface area contributed by atoms with Gasteiger partial charge in [0, 0.05) is 32.1 Å². The Bertz CT molecular complexity index is 171. The summed E-state index contributed by atoms with van der Waals surface area (Å²) in [5.74, 6) is 2.68. The Morgan fingerprint density at radius 3 is 3.08 bits per heavy atom. The minimum atomic E-state index is 0.654. The van der Waals surface area contributed by atoms with E-state index in [-0.39, 0.29) is 0 Å². The maximum atomic E-state index is 5.20. The van der Waals surface area contributed by atoms with E-state index in [0.29, 0.717) is 6.04 Å². The van der Waals surface area contributed by atoms with Crippen molar-refractivity contribution in [2.75, 3.05) is 26.2 Å². The van der Waals surface area contributed by atoms with Gasteiger partial charge in [-0.05, 0) is 26.3 Å². The van der Waals surface area contributed by atoms with Crippen molar-refractivity contribution in [1.82, 2.24) is 10.2 Å². The van der Waals surface area contributed by atoms with Crippen LogP contribution in [-0.2, 0) is 0 Å². The summed E-state index contributed by atoms with van der Waals surface area (Å²) in [5.41, 5.74) is 0. The largest absolute Gasteiger partial charge is 0.312 e. The molecule has 2 heteroatoms.